The van der Waals surface area contributed by atoms with Crippen LogP contribution in [0, 0.1) is 12.3 Å². The van der Waals surface area contributed by atoms with Crippen molar-refractivity contribution < 1.29 is 14.3 Å². The molecule has 2 N–H and O–H groups in total. The number of fused-ring (bicyclic) bond motifs is 4. The van der Waals surface area contributed by atoms with Crippen molar-refractivity contribution in [3.63, 3.8) is 0 Å². The van der Waals surface area contributed by atoms with E-state index in [2.05, 4.69) is 21.3 Å². The van der Waals surface area contributed by atoms with E-state index in [-0.39, 0.29) is 17.2 Å². The number of aromatic amines is 1. The summed E-state index contributed by atoms with van der Waals surface area (Å²) in [4.78, 5) is 51.5. The summed E-state index contributed by atoms with van der Waals surface area (Å²) >= 11 is 1.64. The summed E-state index contributed by atoms with van der Waals surface area (Å²) < 4.78 is 5.58. The van der Waals surface area contributed by atoms with Crippen LogP contribution in [0.3, 0.4) is 0 Å². The zero-order valence-corrected chi connectivity index (χ0v) is 28.4. The Balaban J connectivity index is 0.925. The molecular formula is C39H35N7O3S. The van der Waals surface area contributed by atoms with Gasteiger partial charge in [0.2, 0.25) is 0 Å². The van der Waals surface area contributed by atoms with Crippen molar-refractivity contribution in [1.82, 2.24) is 19.9 Å². The van der Waals surface area contributed by atoms with Gasteiger partial charge in [-0.3, -0.25) is 14.6 Å². The summed E-state index contributed by atoms with van der Waals surface area (Å²) in [6.45, 7) is 5.81. The smallest absolute Gasteiger partial charge is 0.259 e. The first-order valence-electron chi connectivity index (χ1n) is 17.0. The first-order valence-corrected chi connectivity index (χ1v) is 17.8. The number of anilines is 3. The van der Waals surface area contributed by atoms with Gasteiger partial charge in [-0.1, -0.05) is 12.1 Å². The van der Waals surface area contributed by atoms with E-state index in [4.69, 9.17) is 19.7 Å². The minimum Gasteiger partial charge on any atom is -0.381 e. The number of aryl methyl sites for hydroxylation is 1. The predicted octanol–water partition coefficient (Wildman–Crippen LogP) is 7.13. The number of hydrogen-bond donors (Lipinski definition) is 2. The van der Waals surface area contributed by atoms with E-state index in [1.54, 1.807) is 41.8 Å². The molecule has 0 bridgehead atoms. The summed E-state index contributed by atoms with van der Waals surface area (Å²) in [6, 6.07) is 24.8. The Labute approximate surface area is 293 Å². The van der Waals surface area contributed by atoms with Crippen molar-refractivity contribution in [2.75, 3.05) is 48.0 Å². The summed E-state index contributed by atoms with van der Waals surface area (Å²) in [5.41, 5.74) is 7.46. The number of nitrogens with zero attached hydrogens (tertiary/aromatic N) is 5. The molecule has 2 fully saturated rings. The summed E-state index contributed by atoms with van der Waals surface area (Å²) in [6.07, 6.45) is 4.54. The molecule has 2 aromatic carbocycles. The van der Waals surface area contributed by atoms with E-state index in [0.29, 0.717) is 29.8 Å². The van der Waals surface area contributed by atoms with E-state index in [9.17, 15) is 9.59 Å². The fourth-order valence-corrected chi connectivity index (χ4v) is 8.56. The lowest BCUT2D eigenvalue weighted by molar-refractivity contribution is -0.000518. The van der Waals surface area contributed by atoms with Crippen LogP contribution in [0.25, 0.3) is 32.3 Å². The molecule has 0 saturated carbocycles. The van der Waals surface area contributed by atoms with Gasteiger partial charge in [0.15, 0.2) is 0 Å². The maximum Gasteiger partial charge on any atom is 0.259 e. The number of para-hydroxylation sites is 2. The Hall–Kier alpha value is -5.39. The van der Waals surface area contributed by atoms with Crippen molar-refractivity contribution in [2.24, 2.45) is 5.41 Å². The molecular weight excluding hydrogens is 647 g/mol. The standard InChI is InChI=1S/C39H35N7O3S/c1-24-8-13-28(36(41-24)45-22-39(23-45)15-19-49-20-16-39)37(47)42-27-11-9-25(10-12-27)38(48)46-18-14-26-21-32(35-43-29-5-2-3-6-30(29)44-35)50-34(26)33-31(46)7-4-17-40-33/h2-13,17,21H,14-16,18-20,22-23H2,1H3,(H,42,47)(H,43,44). The molecule has 2 saturated heterocycles. The zero-order chi connectivity index (χ0) is 33.8. The molecule has 7 heterocycles. The van der Waals surface area contributed by atoms with E-state index < -0.39 is 0 Å². The number of imidazole rings is 1. The Morgan fingerprint density at radius 1 is 0.960 bits per heavy atom. The fraction of sp³-hybridized carbons (Fsp3) is 0.256. The van der Waals surface area contributed by atoms with Crippen LogP contribution in [0.2, 0.25) is 0 Å². The van der Waals surface area contributed by atoms with Crippen LogP contribution in [0.4, 0.5) is 17.2 Å². The van der Waals surface area contributed by atoms with Crippen molar-refractivity contribution in [2.45, 2.75) is 26.2 Å². The van der Waals surface area contributed by atoms with Crippen LogP contribution in [0.15, 0.2) is 85.1 Å². The number of pyridine rings is 2. The van der Waals surface area contributed by atoms with Crippen LogP contribution >= 0.6 is 11.3 Å². The Morgan fingerprint density at radius 2 is 1.78 bits per heavy atom. The maximum atomic E-state index is 14.0. The van der Waals surface area contributed by atoms with Crippen LogP contribution in [0.1, 0.15) is 44.8 Å². The van der Waals surface area contributed by atoms with Crippen LogP contribution in [0.5, 0.6) is 0 Å². The van der Waals surface area contributed by atoms with Crippen molar-refractivity contribution in [1.29, 1.82) is 0 Å². The van der Waals surface area contributed by atoms with Gasteiger partial charge in [-0.05, 0) is 98.5 Å². The monoisotopic (exact) mass is 681 g/mol. The number of thiophene rings is 1. The molecule has 250 valence electrons. The Morgan fingerprint density at radius 3 is 2.60 bits per heavy atom. The van der Waals surface area contributed by atoms with Gasteiger partial charge in [-0.2, -0.15) is 0 Å². The molecule has 1 spiro atoms. The van der Waals surface area contributed by atoms with Gasteiger partial charge >= 0.3 is 0 Å². The predicted molar refractivity (Wildman–Crippen MR) is 196 cm³/mol. The van der Waals surface area contributed by atoms with Gasteiger partial charge in [0.05, 0.1) is 32.0 Å². The van der Waals surface area contributed by atoms with Gasteiger partial charge in [0.25, 0.3) is 11.8 Å². The molecule has 4 aromatic heterocycles. The lowest BCUT2D eigenvalue weighted by Crippen LogP contribution is -2.59. The highest BCUT2D eigenvalue weighted by molar-refractivity contribution is 7.19. The number of H-pyrrole nitrogens is 1. The largest absolute Gasteiger partial charge is 0.381 e. The van der Waals surface area contributed by atoms with Gasteiger partial charge in [0.1, 0.15) is 17.3 Å². The second kappa shape index (κ2) is 12.2. The molecule has 0 radical (unpaired) electrons. The van der Waals surface area contributed by atoms with E-state index in [1.165, 1.54) is 0 Å². The number of hydrogen-bond acceptors (Lipinski definition) is 8. The topological polar surface area (TPSA) is 116 Å². The highest BCUT2D eigenvalue weighted by Crippen LogP contribution is 2.44. The third-order valence-corrected chi connectivity index (χ3v) is 11.3. The average Bonchev–Trinajstić information content (AvgIpc) is 3.73. The zero-order valence-electron chi connectivity index (χ0n) is 27.6. The molecule has 6 aromatic rings. The summed E-state index contributed by atoms with van der Waals surface area (Å²) in [5.74, 6) is 1.22. The molecule has 0 atom stereocenters. The number of aromatic nitrogens is 4. The van der Waals surface area contributed by atoms with Gasteiger partial charge in [0, 0.05) is 61.4 Å². The van der Waals surface area contributed by atoms with Crippen LogP contribution < -0.4 is 15.1 Å². The number of amides is 2. The van der Waals surface area contributed by atoms with Crippen LogP contribution in [-0.4, -0.2) is 64.6 Å². The maximum absolute atomic E-state index is 14.0. The van der Waals surface area contributed by atoms with E-state index in [1.807, 2.05) is 60.4 Å². The highest BCUT2D eigenvalue weighted by atomic mass is 32.1. The number of ether oxygens (including phenoxy) is 1. The first-order chi connectivity index (χ1) is 24.4. The van der Waals surface area contributed by atoms with E-state index >= 15 is 0 Å². The van der Waals surface area contributed by atoms with Gasteiger partial charge in [-0.15, -0.1) is 11.3 Å². The number of nitrogens with one attached hydrogen (secondary N) is 2. The van der Waals surface area contributed by atoms with Crippen molar-refractivity contribution in [3.8, 4) is 21.3 Å². The summed E-state index contributed by atoms with van der Waals surface area (Å²) in [5, 5.41) is 3.03. The second-order valence-corrected chi connectivity index (χ2v) is 14.5. The fourth-order valence-electron chi connectivity index (χ4n) is 7.40. The lowest BCUT2D eigenvalue weighted by atomic mass is 9.73. The van der Waals surface area contributed by atoms with Gasteiger partial charge in [-0.25, -0.2) is 9.97 Å². The molecule has 3 aliphatic rings. The molecule has 50 heavy (non-hydrogen) atoms. The SMILES string of the molecule is Cc1ccc(C(=O)Nc2ccc(C(=O)N3CCc4cc(-c5nc6ccccc6[nH]5)sc4-c4ncccc43)cc2)c(N2CC3(CCOCC3)C2)n1. The molecule has 3 aliphatic heterocycles. The number of carbonyl (C=O) groups excluding carboxylic acids is 2. The quantitative estimate of drug-likeness (QED) is 0.199. The third kappa shape index (κ3) is 5.43. The number of carbonyl (C=O) groups is 2. The minimum absolute atomic E-state index is 0.116. The summed E-state index contributed by atoms with van der Waals surface area (Å²) in [7, 11) is 0. The highest BCUT2D eigenvalue weighted by Gasteiger charge is 2.45. The Bertz CT molecular complexity index is 2230. The minimum atomic E-state index is -0.222. The average molecular weight is 682 g/mol. The van der Waals surface area contributed by atoms with E-state index in [0.717, 1.165) is 94.2 Å². The van der Waals surface area contributed by atoms with Crippen molar-refractivity contribution >= 4 is 51.4 Å². The molecule has 2 amide bonds. The number of rotatable bonds is 5. The molecule has 0 unspecified atom stereocenters. The van der Waals surface area contributed by atoms with Crippen LogP contribution in [-0.2, 0) is 11.2 Å². The molecule has 0 aliphatic carbocycles. The third-order valence-electron chi connectivity index (χ3n) is 10.1. The molecule has 9 rings (SSSR count). The van der Waals surface area contributed by atoms with Crippen molar-refractivity contribution in [3.05, 3.63) is 107 Å². The Kier molecular flexibility index (Phi) is 7.47. The normalized spacial score (nSPS) is 16.4. The van der Waals surface area contributed by atoms with Gasteiger partial charge < -0.3 is 24.8 Å². The molecule has 10 nitrogen and oxygen atoms in total. The second-order valence-electron chi connectivity index (χ2n) is 13.5. The number of benzene rings is 2. The first kappa shape index (κ1) is 30.7. The lowest BCUT2D eigenvalue weighted by Gasteiger charge is -2.53. The molecule has 11 heteroatoms.